The Labute approximate surface area is 90.1 Å². The van der Waals surface area contributed by atoms with Gasteiger partial charge in [0.15, 0.2) is 0 Å². The Kier molecular flexibility index (Phi) is 3.11. The number of hydrogen-bond acceptors (Lipinski definition) is 3. The van der Waals surface area contributed by atoms with Crippen LogP contribution < -0.4 is 5.73 Å². The maximum atomic E-state index is 12.0. The van der Waals surface area contributed by atoms with Crippen molar-refractivity contribution in [2.24, 2.45) is 11.7 Å². The molecule has 0 saturated carbocycles. The highest BCUT2D eigenvalue weighted by Gasteiger charge is 2.32. The third-order valence-corrected chi connectivity index (χ3v) is 3.22. The zero-order valence-corrected chi connectivity index (χ0v) is 9.19. The minimum atomic E-state index is 0.123. The topological polar surface area (TPSA) is 58.8 Å². The molecular weight excluding hydrogens is 194 g/mol. The second-order valence-corrected chi connectivity index (χ2v) is 4.43. The van der Waals surface area contributed by atoms with Gasteiger partial charge >= 0.3 is 6.03 Å². The van der Waals surface area contributed by atoms with Crippen LogP contribution in [0.15, 0.2) is 0 Å². The Balaban J connectivity index is 1.90. The van der Waals surface area contributed by atoms with Crippen LogP contribution in [0.5, 0.6) is 0 Å². The molecule has 0 aromatic heterocycles. The molecule has 2 unspecified atom stereocenters. The van der Waals surface area contributed by atoms with Crippen molar-refractivity contribution < 1.29 is 9.53 Å². The fourth-order valence-corrected chi connectivity index (χ4v) is 2.10. The van der Waals surface area contributed by atoms with E-state index in [0.717, 1.165) is 6.54 Å². The summed E-state index contributed by atoms with van der Waals surface area (Å²) in [5, 5.41) is 0. The number of nitrogens with zero attached hydrogens (tertiary/aromatic N) is 2. The van der Waals surface area contributed by atoms with E-state index in [0.29, 0.717) is 38.8 Å². The van der Waals surface area contributed by atoms with Gasteiger partial charge in [-0.1, -0.05) is 6.92 Å². The molecule has 0 bridgehead atoms. The Morgan fingerprint density at radius 1 is 1.27 bits per heavy atom. The molecule has 2 aliphatic rings. The molecule has 5 heteroatoms. The fraction of sp³-hybridized carbons (Fsp3) is 0.900. The predicted molar refractivity (Wildman–Crippen MR) is 56.5 cm³/mol. The molecule has 2 atom stereocenters. The molecular formula is C10H19N3O2. The van der Waals surface area contributed by atoms with E-state index in [2.05, 4.69) is 6.92 Å². The molecule has 0 aromatic rings. The number of carbonyl (C=O) groups excluding carboxylic acids is 1. The molecule has 2 heterocycles. The van der Waals surface area contributed by atoms with Crippen molar-refractivity contribution in [2.75, 3.05) is 39.4 Å². The SMILES string of the molecule is CC1CN(C(=O)N2CCOCC2)CC1N. The molecule has 86 valence electrons. The largest absolute Gasteiger partial charge is 0.378 e. The first-order valence-electron chi connectivity index (χ1n) is 5.55. The minimum Gasteiger partial charge on any atom is -0.378 e. The number of morpholine rings is 1. The van der Waals surface area contributed by atoms with E-state index in [1.807, 2.05) is 9.80 Å². The van der Waals surface area contributed by atoms with E-state index >= 15 is 0 Å². The van der Waals surface area contributed by atoms with E-state index < -0.39 is 0 Å². The van der Waals surface area contributed by atoms with Gasteiger partial charge in [0.1, 0.15) is 0 Å². The first-order valence-corrected chi connectivity index (χ1v) is 5.55. The summed E-state index contributed by atoms with van der Waals surface area (Å²) in [6.45, 7) is 6.30. The smallest absolute Gasteiger partial charge is 0.320 e. The highest BCUT2D eigenvalue weighted by molar-refractivity contribution is 5.75. The van der Waals surface area contributed by atoms with Crippen LogP contribution in [0.4, 0.5) is 4.79 Å². The Morgan fingerprint density at radius 3 is 2.47 bits per heavy atom. The molecule has 2 N–H and O–H groups in total. The van der Waals surface area contributed by atoms with Crippen molar-refractivity contribution in [3.05, 3.63) is 0 Å². The molecule has 2 aliphatic heterocycles. The van der Waals surface area contributed by atoms with E-state index in [4.69, 9.17) is 10.5 Å². The zero-order valence-electron chi connectivity index (χ0n) is 9.19. The number of rotatable bonds is 0. The zero-order chi connectivity index (χ0) is 10.8. The van der Waals surface area contributed by atoms with Crippen LogP contribution in [0.2, 0.25) is 0 Å². The van der Waals surface area contributed by atoms with Crippen LogP contribution >= 0.6 is 0 Å². The number of carbonyl (C=O) groups is 1. The van der Waals surface area contributed by atoms with E-state index in [-0.39, 0.29) is 12.1 Å². The summed E-state index contributed by atoms with van der Waals surface area (Å²) < 4.78 is 5.22. The summed E-state index contributed by atoms with van der Waals surface area (Å²) in [4.78, 5) is 15.7. The van der Waals surface area contributed by atoms with Gasteiger partial charge in [-0.05, 0) is 5.92 Å². The molecule has 0 spiro atoms. The molecule has 2 rings (SSSR count). The summed E-state index contributed by atoms with van der Waals surface area (Å²) in [5.74, 6) is 0.412. The summed E-state index contributed by atoms with van der Waals surface area (Å²) in [7, 11) is 0. The van der Waals surface area contributed by atoms with Gasteiger partial charge in [0.2, 0.25) is 0 Å². The van der Waals surface area contributed by atoms with Crippen molar-refractivity contribution in [3.8, 4) is 0 Å². The molecule has 2 fully saturated rings. The van der Waals surface area contributed by atoms with Gasteiger partial charge in [-0.2, -0.15) is 0 Å². The van der Waals surface area contributed by atoms with Crippen LogP contribution in [0.3, 0.4) is 0 Å². The summed E-state index contributed by atoms with van der Waals surface area (Å²) in [6.07, 6.45) is 0. The van der Waals surface area contributed by atoms with Gasteiger partial charge in [-0.3, -0.25) is 0 Å². The standard InChI is InChI=1S/C10H19N3O2/c1-8-6-13(7-9(8)11)10(14)12-2-4-15-5-3-12/h8-9H,2-7,11H2,1H3. The lowest BCUT2D eigenvalue weighted by Gasteiger charge is -2.30. The highest BCUT2D eigenvalue weighted by atomic mass is 16.5. The first-order chi connectivity index (χ1) is 7.18. The second-order valence-electron chi connectivity index (χ2n) is 4.43. The van der Waals surface area contributed by atoms with Crippen LogP contribution in [0.25, 0.3) is 0 Å². The van der Waals surface area contributed by atoms with Crippen LogP contribution in [0.1, 0.15) is 6.92 Å². The van der Waals surface area contributed by atoms with E-state index in [9.17, 15) is 4.79 Å². The number of urea groups is 1. The van der Waals surface area contributed by atoms with Crippen LogP contribution in [0, 0.1) is 5.92 Å². The third kappa shape index (κ3) is 2.23. The van der Waals surface area contributed by atoms with Gasteiger partial charge in [0.05, 0.1) is 13.2 Å². The molecule has 0 aromatic carbocycles. The molecule has 5 nitrogen and oxygen atoms in total. The first kappa shape index (κ1) is 10.7. The number of likely N-dealkylation sites (tertiary alicyclic amines) is 1. The molecule has 2 saturated heterocycles. The average Bonchev–Trinajstić information content (AvgIpc) is 2.59. The quantitative estimate of drug-likeness (QED) is 0.602. The Bertz CT molecular complexity index is 231. The normalized spacial score (nSPS) is 32.1. The highest BCUT2D eigenvalue weighted by Crippen LogP contribution is 2.16. The monoisotopic (exact) mass is 213 g/mol. The lowest BCUT2D eigenvalue weighted by atomic mass is 10.1. The Hall–Kier alpha value is -0.810. The number of nitrogens with two attached hydrogens (primary N) is 1. The van der Waals surface area contributed by atoms with E-state index in [1.165, 1.54) is 0 Å². The van der Waals surface area contributed by atoms with Crippen molar-refractivity contribution in [3.63, 3.8) is 0 Å². The van der Waals surface area contributed by atoms with Crippen LogP contribution in [-0.4, -0.2) is 61.3 Å². The van der Waals surface area contributed by atoms with Gasteiger partial charge in [-0.15, -0.1) is 0 Å². The van der Waals surface area contributed by atoms with Crippen molar-refractivity contribution in [2.45, 2.75) is 13.0 Å². The summed E-state index contributed by atoms with van der Waals surface area (Å²) >= 11 is 0. The lowest BCUT2D eigenvalue weighted by molar-refractivity contribution is 0.0449. The fourth-order valence-electron chi connectivity index (χ4n) is 2.10. The minimum absolute atomic E-state index is 0.123. The van der Waals surface area contributed by atoms with Crippen molar-refractivity contribution >= 4 is 6.03 Å². The molecule has 0 radical (unpaired) electrons. The molecule has 0 aliphatic carbocycles. The number of ether oxygens (including phenoxy) is 1. The van der Waals surface area contributed by atoms with Gasteiger partial charge in [0.25, 0.3) is 0 Å². The number of amides is 2. The van der Waals surface area contributed by atoms with Gasteiger partial charge in [0, 0.05) is 32.2 Å². The molecule has 15 heavy (non-hydrogen) atoms. The second kappa shape index (κ2) is 4.37. The lowest BCUT2D eigenvalue weighted by Crippen LogP contribution is -2.47. The summed E-state index contributed by atoms with van der Waals surface area (Å²) in [5.41, 5.74) is 5.90. The van der Waals surface area contributed by atoms with Gasteiger partial charge in [-0.25, -0.2) is 4.79 Å². The predicted octanol–water partition coefficient (Wildman–Crippen LogP) is -0.282. The Morgan fingerprint density at radius 2 is 1.93 bits per heavy atom. The van der Waals surface area contributed by atoms with Crippen LogP contribution in [-0.2, 0) is 4.74 Å². The third-order valence-electron chi connectivity index (χ3n) is 3.22. The van der Waals surface area contributed by atoms with Crippen molar-refractivity contribution in [1.29, 1.82) is 0 Å². The van der Waals surface area contributed by atoms with Crippen molar-refractivity contribution in [1.82, 2.24) is 9.80 Å². The maximum Gasteiger partial charge on any atom is 0.320 e. The maximum absolute atomic E-state index is 12.0. The van der Waals surface area contributed by atoms with Gasteiger partial charge < -0.3 is 20.3 Å². The molecule has 2 amide bonds. The number of hydrogen-bond donors (Lipinski definition) is 1. The summed E-state index contributed by atoms with van der Waals surface area (Å²) in [6, 6.07) is 0.257. The van der Waals surface area contributed by atoms with E-state index in [1.54, 1.807) is 0 Å². The average molecular weight is 213 g/mol.